The molecule has 0 bridgehead atoms. The van der Waals surface area contributed by atoms with Crippen LogP contribution in [0.2, 0.25) is 5.02 Å². The number of esters is 1. The van der Waals surface area contributed by atoms with E-state index in [1.807, 2.05) is 0 Å². The normalized spacial score (nSPS) is 9.65. The number of amides is 2. The van der Waals surface area contributed by atoms with Gasteiger partial charge in [0.2, 0.25) is 5.91 Å². The lowest BCUT2D eigenvalue weighted by atomic mass is 10.2. The van der Waals surface area contributed by atoms with Crippen LogP contribution in [0.3, 0.4) is 0 Å². The molecule has 1 rings (SSSR count). The van der Waals surface area contributed by atoms with Gasteiger partial charge in [0, 0.05) is 17.0 Å². The fourth-order valence-electron chi connectivity index (χ4n) is 1.48. The second-order valence-electron chi connectivity index (χ2n) is 4.27. The minimum atomic E-state index is -0.465. The SMILES string of the molecule is CCOC(=O)CCC(=O)NC(=S)NNC(=O)c1cccc(Cl)c1. The number of nitrogens with one attached hydrogen (secondary N) is 3. The van der Waals surface area contributed by atoms with E-state index in [2.05, 4.69) is 16.2 Å². The molecule has 0 heterocycles. The molecule has 0 saturated heterocycles. The number of hydrogen-bond acceptors (Lipinski definition) is 5. The molecule has 0 aliphatic carbocycles. The first-order chi connectivity index (χ1) is 10.9. The number of carbonyl (C=O) groups is 3. The minimum Gasteiger partial charge on any atom is -0.466 e. The Morgan fingerprint density at radius 1 is 1.22 bits per heavy atom. The smallest absolute Gasteiger partial charge is 0.306 e. The highest BCUT2D eigenvalue weighted by molar-refractivity contribution is 7.80. The lowest BCUT2D eigenvalue weighted by Gasteiger charge is -2.10. The van der Waals surface area contributed by atoms with Crippen LogP contribution in [-0.4, -0.2) is 29.5 Å². The van der Waals surface area contributed by atoms with Crippen molar-refractivity contribution in [1.82, 2.24) is 16.2 Å². The van der Waals surface area contributed by atoms with Crippen LogP contribution >= 0.6 is 23.8 Å². The largest absolute Gasteiger partial charge is 0.466 e. The number of carbonyl (C=O) groups excluding carboxylic acids is 3. The highest BCUT2D eigenvalue weighted by Gasteiger charge is 2.10. The Morgan fingerprint density at radius 2 is 1.96 bits per heavy atom. The zero-order valence-corrected chi connectivity index (χ0v) is 13.9. The Morgan fingerprint density at radius 3 is 2.61 bits per heavy atom. The predicted molar refractivity (Wildman–Crippen MR) is 88.7 cm³/mol. The van der Waals surface area contributed by atoms with Gasteiger partial charge in [-0.2, -0.15) is 0 Å². The number of ether oxygens (including phenoxy) is 1. The van der Waals surface area contributed by atoms with E-state index < -0.39 is 17.8 Å². The molecule has 23 heavy (non-hydrogen) atoms. The summed E-state index contributed by atoms with van der Waals surface area (Å²) < 4.78 is 4.70. The first-order valence-electron chi connectivity index (χ1n) is 6.73. The third-order valence-electron chi connectivity index (χ3n) is 2.49. The number of hydrazine groups is 1. The molecule has 1 aromatic rings. The van der Waals surface area contributed by atoms with Gasteiger partial charge < -0.3 is 10.1 Å². The van der Waals surface area contributed by atoms with Gasteiger partial charge in [0.15, 0.2) is 5.11 Å². The molecular weight excluding hydrogens is 342 g/mol. The van der Waals surface area contributed by atoms with Gasteiger partial charge in [-0.15, -0.1) is 0 Å². The zero-order valence-electron chi connectivity index (χ0n) is 12.3. The van der Waals surface area contributed by atoms with Crippen molar-refractivity contribution in [2.24, 2.45) is 0 Å². The van der Waals surface area contributed by atoms with Crippen LogP contribution in [0.15, 0.2) is 24.3 Å². The molecule has 1 aromatic carbocycles. The van der Waals surface area contributed by atoms with Gasteiger partial charge in [0.1, 0.15) is 0 Å². The summed E-state index contributed by atoms with van der Waals surface area (Å²) in [7, 11) is 0. The van der Waals surface area contributed by atoms with Crippen molar-refractivity contribution >= 4 is 46.7 Å². The molecule has 0 fully saturated rings. The topological polar surface area (TPSA) is 96.5 Å². The molecule has 0 aliphatic heterocycles. The van der Waals surface area contributed by atoms with Gasteiger partial charge in [-0.25, -0.2) is 0 Å². The van der Waals surface area contributed by atoms with Gasteiger partial charge in [-0.05, 0) is 37.3 Å². The van der Waals surface area contributed by atoms with Crippen molar-refractivity contribution in [2.75, 3.05) is 6.61 Å². The van der Waals surface area contributed by atoms with Crippen LogP contribution in [0.5, 0.6) is 0 Å². The van der Waals surface area contributed by atoms with Crippen LogP contribution in [0, 0.1) is 0 Å². The fraction of sp³-hybridized carbons (Fsp3) is 0.286. The zero-order chi connectivity index (χ0) is 17.2. The summed E-state index contributed by atoms with van der Waals surface area (Å²) >= 11 is 10.6. The molecule has 7 nitrogen and oxygen atoms in total. The summed E-state index contributed by atoms with van der Waals surface area (Å²) in [5, 5.41) is 2.66. The summed E-state index contributed by atoms with van der Waals surface area (Å²) in [6.45, 7) is 1.94. The van der Waals surface area contributed by atoms with Crippen LogP contribution in [0.4, 0.5) is 0 Å². The van der Waals surface area contributed by atoms with Crippen LogP contribution < -0.4 is 16.2 Å². The Kier molecular flexibility index (Phi) is 8.00. The third kappa shape index (κ3) is 7.57. The summed E-state index contributed by atoms with van der Waals surface area (Å²) in [5.41, 5.74) is 5.04. The number of thiocarbonyl (C=S) groups is 1. The van der Waals surface area contributed by atoms with E-state index in [9.17, 15) is 14.4 Å². The van der Waals surface area contributed by atoms with Crippen molar-refractivity contribution in [3.8, 4) is 0 Å². The second-order valence-corrected chi connectivity index (χ2v) is 5.12. The van der Waals surface area contributed by atoms with E-state index in [1.54, 1.807) is 25.1 Å². The second kappa shape index (κ2) is 9.75. The quantitative estimate of drug-likeness (QED) is 0.418. The van der Waals surface area contributed by atoms with E-state index in [0.717, 1.165) is 0 Å². The van der Waals surface area contributed by atoms with Crippen LogP contribution in [0.25, 0.3) is 0 Å². The lowest BCUT2D eigenvalue weighted by molar-refractivity contribution is -0.144. The summed E-state index contributed by atoms with van der Waals surface area (Å²) in [5.74, 6) is -1.39. The van der Waals surface area contributed by atoms with Crippen LogP contribution in [0.1, 0.15) is 30.1 Å². The third-order valence-corrected chi connectivity index (χ3v) is 2.93. The maximum Gasteiger partial charge on any atom is 0.306 e. The molecular formula is C14H16ClN3O4S. The van der Waals surface area contributed by atoms with Crippen molar-refractivity contribution in [2.45, 2.75) is 19.8 Å². The van der Waals surface area contributed by atoms with E-state index in [1.165, 1.54) is 6.07 Å². The maximum atomic E-state index is 11.8. The Hall–Kier alpha value is -2.19. The molecule has 0 atom stereocenters. The van der Waals surface area contributed by atoms with E-state index in [-0.39, 0.29) is 24.6 Å². The Labute approximate surface area is 143 Å². The number of halogens is 1. The first-order valence-corrected chi connectivity index (χ1v) is 7.52. The number of hydrogen-bond donors (Lipinski definition) is 3. The van der Waals surface area contributed by atoms with Crippen molar-refractivity contribution in [3.63, 3.8) is 0 Å². The molecule has 3 N–H and O–H groups in total. The average Bonchev–Trinajstić information content (AvgIpc) is 2.51. The van der Waals surface area contributed by atoms with Gasteiger partial charge in [0.25, 0.3) is 5.91 Å². The predicted octanol–water partition coefficient (Wildman–Crippen LogP) is 1.32. The lowest BCUT2D eigenvalue weighted by Crippen LogP contribution is -2.48. The molecule has 0 aromatic heterocycles. The van der Waals surface area contributed by atoms with E-state index in [4.69, 9.17) is 28.6 Å². The minimum absolute atomic E-state index is 0.0445. The van der Waals surface area contributed by atoms with Crippen molar-refractivity contribution in [3.05, 3.63) is 34.9 Å². The average molecular weight is 358 g/mol. The van der Waals surface area contributed by atoms with Crippen molar-refractivity contribution < 1.29 is 19.1 Å². The van der Waals surface area contributed by atoms with Crippen molar-refractivity contribution in [1.29, 1.82) is 0 Å². The summed E-state index contributed by atoms with van der Waals surface area (Å²) in [6.07, 6.45) is -0.111. The number of benzene rings is 1. The first kappa shape index (κ1) is 18.9. The molecule has 124 valence electrons. The van der Waals surface area contributed by atoms with Gasteiger partial charge in [-0.1, -0.05) is 17.7 Å². The fourth-order valence-corrected chi connectivity index (χ4v) is 1.84. The Balaban J connectivity index is 2.32. The maximum absolute atomic E-state index is 11.8. The highest BCUT2D eigenvalue weighted by atomic mass is 35.5. The van der Waals surface area contributed by atoms with Gasteiger partial charge in [0.05, 0.1) is 13.0 Å². The molecule has 0 saturated carbocycles. The highest BCUT2D eigenvalue weighted by Crippen LogP contribution is 2.09. The molecule has 0 radical (unpaired) electrons. The Bertz CT molecular complexity index is 609. The number of rotatable bonds is 5. The molecule has 9 heteroatoms. The summed E-state index contributed by atoms with van der Waals surface area (Å²) in [4.78, 5) is 34.5. The van der Waals surface area contributed by atoms with Gasteiger partial charge >= 0.3 is 5.97 Å². The molecule has 0 spiro atoms. The molecule has 2 amide bonds. The van der Waals surface area contributed by atoms with E-state index in [0.29, 0.717) is 10.6 Å². The monoisotopic (exact) mass is 357 g/mol. The molecule has 0 unspecified atom stereocenters. The van der Waals surface area contributed by atoms with E-state index >= 15 is 0 Å². The van der Waals surface area contributed by atoms with Gasteiger partial charge in [-0.3, -0.25) is 25.2 Å². The summed E-state index contributed by atoms with van der Waals surface area (Å²) in [6, 6.07) is 6.33. The van der Waals surface area contributed by atoms with Crippen LogP contribution in [-0.2, 0) is 14.3 Å². The standard InChI is InChI=1S/C14H16ClN3O4S/c1-2-22-12(20)7-6-11(19)16-14(23)18-17-13(21)9-4-3-5-10(15)8-9/h3-5,8H,2,6-7H2,1H3,(H,17,21)(H2,16,18,19,23). The molecule has 0 aliphatic rings.